The molecule has 0 N–H and O–H groups in total. The maximum atomic E-state index is 5.31. The molecule has 0 spiro atoms. The van der Waals surface area contributed by atoms with Crippen molar-refractivity contribution in [2.45, 2.75) is 37.5 Å². The lowest BCUT2D eigenvalue weighted by atomic mass is 9.65. The van der Waals surface area contributed by atoms with Gasteiger partial charge in [0.05, 0.1) is 7.11 Å². The summed E-state index contributed by atoms with van der Waals surface area (Å²) in [7, 11) is 1.72. The summed E-state index contributed by atoms with van der Waals surface area (Å²) in [6.07, 6.45) is 6.43. The summed E-state index contributed by atoms with van der Waals surface area (Å²) in [4.78, 5) is 0. The highest BCUT2D eigenvalue weighted by molar-refractivity contribution is 9.10. The molecular weight excluding hydrogens is 324 g/mol. The third-order valence-corrected chi connectivity index (χ3v) is 5.22. The fraction of sp³-hybridized carbons (Fsp3) is 0.368. The molecule has 0 aromatic heterocycles. The van der Waals surface area contributed by atoms with Gasteiger partial charge >= 0.3 is 0 Å². The first-order chi connectivity index (χ1) is 10.2. The van der Waals surface area contributed by atoms with E-state index in [0.29, 0.717) is 0 Å². The van der Waals surface area contributed by atoms with E-state index in [1.54, 1.807) is 7.11 Å². The monoisotopic (exact) mass is 344 g/mol. The molecule has 2 aromatic rings. The van der Waals surface area contributed by atoms with Crippen LogP contribution in [0.1, 0.15) is 43.2 Å². The highest BCUT2D eigenvalue weighted by Gasteiger charge is 2.35. The zero-order valence-corrected chi connectivity index (χ0v) is 14.0. The molecule has 0 unspecified atom stereocenters. The SMILES string of the molecule is COc1ccc(C2(c3cccc(Br)c3)CCCCC2)cc1. The van der Waals surface area contributed by atoms with E-state index in [0.717, 1.165) is 5.75 Å². The fourth-order valence-corrected chi connectivity index (χ4v) is 3.99. The van der Waals surface area contributed by atoms with Gasteiger partial charge in [-0.3, -0.25) is 0 Å². The predicted octanol–water partition coefficient (Wildman–Crippen LogP) is 5.71. The van der Waals surface area contributed by atoms with Crippen molar-refractivity contribution in [3.63, 3.8) is 0 Å². The van der Waals surface area contributed by atoms with E-state index in [1.165, 1.54) is 47.7 Å². The lowest BCUT2D eigenvalue weighted by molar-refractivity contribution is 0.345. The minimum absolute atomic E-state index is 0.161. The van der Waals surface area contributed by atoms with E-state index in [1.807, 2.05) is 0 Å². The number of ether oxygens (including phenoxy) is 1. The Balaban J connectivity index is 2.07. The van der Waals surface area contributed by atoms with E-state index in [-0.39, 0.29) is 5.41 Å². The molecule has 0 heterocycles. The van der Waals surface area contributed by atoms with Gasteiger partial charge in [0, 0.05) is 9.89 Å². The summed E-state index contributed by atoms with van der Waals surface area (Å²) < 4.78 is 6.47. The summed E-state index contributed by atoms with van der Waals surface area (Å²) in [6.45, 7) is 0. The van der Waals surface area contributed by atoms with Crippen LogP contribution >= 0.6 is 15.9 Å². The van der Waals surface area contributed by atoms with Crippen molar-refractivity contribution in [2.24, 2.45) is 0 Å². The van der Waals surface area contributed by atoms with Gasteiger partial charge in [0.25, 0.3) is 0 Å². The molecule has 3 rings (SSSR count). The number of halogens is 1. The van der Waals surface area contributed by atoms with Crippen molar-refractivity contribution in [3.05, 3.63) is 64.1 Å². The average Bonchev–Trinajstić information content (AvgIpc) is 2.55. The van der Waals surface area contributed by atoms with Crippen molar-refractivity contribution in [1.29, 1.82) is 0 Å². The molecule has 110 valence electrons. The zero-order chi connectivity index (χ0) is 14.7. The predicted molar refractivity (Wildman–Crippen MR) is 91.0 cm³/mol. The number of methoxy groups -OCH3 is 1. The molecule has 1 fully saturated rings. The normalized spacial score (nSPS) is 17.4. The Kier molecular flexibility index (Phi) is 4.34. The quantitative estimate of drug-likeness (QED) is 0.692. The molecule has 2 aromatic carbocycles. The minimum atomic E-state index is 0.161. The van der Waals surface area contributed by atoms with Gasteiger partial charge in [0.1, 0.15) is 5.75 Å². The van der Waals surface area contributed by atoms with Crippen LogP contribution in [0.4, 0.5) is 0 Å². The molecular formula is C19H21BrO. The summed E-state index contributed by atoms with van der Waals surface area (Å²) in [6, 6.07) is 17.5. The van der Waals surface area contributed by atoms with Crippen LogP contribution < -0.4 is 4.74 Å². The third-order valence-electron chi connectivity index (χ3n) is 4.73. The summed E-state index contributed by atoms with van der Waals surface area (Å²) >= 11 is 3.63. The Hall–Kier alpha value is -1.28. The number of hydrogen-bond acceptors (Lipinski definition) is 1. The Labute approximate surface area is 135 Å². The van der Waals surface area contributed by atoms with E-state index >= 15 is 0 Å². The van der Waals surface area contributed by atoms with Crippen molar-refractivity contribution in [1.82, 2.24) is 0 Å². The standard InChI is InChI=1S/C19H21BrO/c1-21-18-10-8-15(9-11-18)19(12-3-2-4-13-19)16-6-5-7-17(20)14-16/h5-11,14H,2-4,12-13H2,1H3. The summed E-state index contributed by atoms with van der Waals surface area (Å²) in [5.41, 5.74) is 3.01. The number of hydrogen-bond donors (Lipinski definition) is 0. The van der Waals surface area contributed by atoms with Gasteiger partial charge in [-0.1, -0.05) is 59.5 Å². The van der Waals surface area contributed by atoms with Crippen molar-refractivity contribution >= 4 is 15.9 Å². The maximum Gasteiger partial charge on any atom is 0.118 e. The highest BCUT2D eigenvalue weighted by Crippen LogP contribution is 2.45. The smallest absolute Gasteiger partial charge is 0.118 e. The van der Waals surface area contributed by atoms with Gasteiger partial charge in [-0.2, -0.15) is 0 Å². The van der Waals surface area contributed by atoms with Gasteiger partial charge in [0.15, 0.2) is 0 Å². The number of benzene rings is 2. The molecule has 1 saturated carbocycles. The van der Waals surface area contributed by atoms with Crippen LogP contribution in [-0.4, -0.2) is 7.11 Å². The van der Waals surface area contributed by atoms with Crippen LogP contribution in [0.3, 0.4) is 0 Å². The van der Waals surface area contributed by atoms with Gasteiger partial charge in [-0.25, -0.2) is 0 Å². The van der Waals surface area contributed by atoms with Crippen LogP contribution in [0.25, 0.3) is 0 Å². The van der Waals surface area contributed by atoms with E-state index in [4.69, 9.17) is 4.74 Å². The Bertz CT molecular complexity index is 597. The van der Waals surface area contributed by atoms with E-state index < -0.39 is 0 Å². The third kappa shape index (κ3) is 2.87. The van der Waals surface area contributed by atoms with Crippen molar-refractivity contribution in [2.75, 3.05) is 7.11 Å². The minimum Gasteiger partial charge on any atom is -0.497 e. The summed E-state index contributed by atoms with van der Waals surface area (Å²) in [5, 5.41) is 0. The maximum absolute atomic E-state index is 5.31. The fourth-order valence-electron chi connectivity index (χ4n) is 3.60. The molecule has 21 heavy (non-hydrogen) atoms. The molecule has 0 amide bonds. The zero-order valence-electron chi connectivity index (χ0n) is 12.4. The van der Waals surface area contributed by atoms with E-state index in [2.05, 4.69) is 64.5 Å². The Morgan fingerprint density at radius 2 is 1.62 bits per heavy atom. The van der Waals surface area contributed by atoms with Crippen LogP contribution in [0, 0.1) is 0 Å². The highest BCUT2D eigenvalue weighted by atomic mass is 79.9. The van der Waals surface area contributed by atoms with Crippen LogP contribution in [0.15, 0.2) is 53.0 Å². The van der Waals surface area contributed by atoms with Crippen molar-refractivity contribution < 1.29 is 4.74 Å². The lowest BCUT2D eigenvalue weighted by Crippen LogP contribution is -2.30. The topological polar surface area (TPSA) is 9.23 Å². The second-order valence-electron chi connectivity index (χ2n) is 5.88. The largest absolute Gasteiger partial charge is 0.497 e. The second-order valence-corrected chi connectivity index (χ2v) is 6.80. The molecule has 1 nitrogen and oxygen atoms in total. The molecule has 1 aliphatic rings. The second kappa shape index (κ2) is 6.23. The first kappa shape index (κ1) is 14.6. The first-order valence-corrected chi connectivity index (χ1v) is 8.44. The Morgan fingerprint density at radius 1 is 0.905 bits per heavy atom. The van der Waals surface area contributed by atoms with Crippen LogP contribution in [-0.2, 0) is 5.41 Å². The van der Waals surface area contributed by atoms with Gasteiger partial charge in [-0.05, 0) is 48.2 Å². The molecule has 0 aliphatic heterocycles. The van der Waals surface area contributed by atoms with Crippen LogP contribution in [0.5, 0.6) is 5.75 Å². The molecule has 0 saturated heterocycles. The van der Waals surface area contributed by atoms with Gasteiger partial charge in [-0.15, -0.1) is 0 Å². The lowest BCUT2D eigenvalue weighted by Gasteiger charge is -2.38. The molecule has 2 heteroatoms. The molecule has 0 bridgehead atoms. The number of rotatable bonds is 3. The van der Waals surface area contributed by atoms with E-state index in [9.17, 15) is 0 Å². The van der Waals surface area contributed by atoms with Crippen molar-refractivity contribution in [3.8, 4) is 5.75 Å². The first-order valence-electron chi connectivity index (χ1n) is 7.65. The Morgan fingerprint density at radius 3 is 2.24 bits per heavy atom. The van der Waals surface area contributed by atoms with Gasteiger partial charge in [0.2, 0.25) is 0 Å². The van der Waals surface area contributed by atoms with Crippen LogP contribution in [0.2, 0.25) is 0 Å². The molecule has 0 atom stereocenters. The van der Waals surface area contributed by atoms with Gasteiger partial charge < -0.3 is 4.74 Å². The molecule has 0 radical (unpaired) electrons. The summed E-state index contributed by atoms with van der Waals surface area (Å²) in [5.74, 6) is 0.930. The average molecular weight is 345 g/mol. The molecule has 1 aliphatic carbocycles.